The topological polar surface area (TPSA) is 64.8 Å². The molecule has 21 heavy (non-hydrogen) atoms. The zero-order valence-corrected chi connectivity index (χ0v) is 13.0. The van der Waals surface area contributed by atoms with Gasteiger partial charge in [0.1, 0.15) is 5.75 Å². The molecule has 0 heterocycles. The molecular formula is C16H26N2O3. The zero-order chi connectivity index (χ0) is 15.5. The summed E-state index contributed by atoms with van der Waals surface area (Å²) in [6.07, 6.45) is 2.10. The van der Waals surface area contributed by atoms with Crippen molar-refractivity contribution in [2.24, 2.45) is 5.73 Å². The van der Waals surface area contributed by atoms with Crippen LogP contribution in [0.3, 0.4) is 0 Å². The Morgan fingerprint density at radius 2 is 1.95 bits per heavy atom. The summed E-state index contributed by atoms with van der Waals surface area (Å²) in [6, 6.07) is 7.88. The first-order chi connectivity index (χ1) is 10.2. The van der Waals surface area contributed by atoms with Gasteiger partial charge in [-0.2, -0.15) is 0 Å². The van der Waals surface area contributed by atoms with Crippen LogP contribution in [-0.4, -0.2) is 51.3 Å². The van der Waals surface area contributed by atoms with Crippen molar-refractivity contribution < 1.29 is 14.3 Å². The van der Waals surface area contributed by atoms with Crippen LogP contribution in [-0.2, 0) is 16.0 Å². The lowest BCUT2D eigenvalue weighted by Gasteiger charge is -2.16. The van der Waals surface area contributed by atoms with Crippen LogP contribution in [0.1, 0.15) is 18.4 Å². The van der Waals surface area contributed by atoms with Crippen LogP contribution in [0.5, 0.6) is 5.75 Å². The Morgan fingerprint density at radius 3 is 2.57 bits per heavy atom. The van der Waals surface area contributed by atoms with E-state index in [1.807, 2.05) is 24.3 Å². The van der Waals surface area contributed by atoms with Gasteiger partial charge < -0.3 is 20.1 Å². The lowest BCUT2D eigenvalue weighted by Crippen LogP contribution is -2.29. The monoisotopic (exact) mass is 294 g/mol. The van der Waals surface area contributed by atoms with Crippen LogP contribution >= 0.6 is 0 Å². The van der Waals surface area contributed by atoms with Crippen molar-refractivity contribution in [1.29, 1.82) is 0 Å². The van der Waals surface area contributed by atoms with Crippen LogP contribution in [0.15, 0.2) is 24.3 Å². The number of methoxy groups -OCH3 is 1. The van der Waals surface area contributed by atoms with Gasteiger partial charge in [0.25, 0.3) is 0 Å². The highest BCUT2D eigenvalue weighted by Gasteiger charge is 2.08. The summed E-state index contributed by atoms with van der Waals surface area (Å²) in [4.78, 5) is 13.5. The van der Waals surface area contributed by atoms with Gasteiger partial charge in [-0.25, -0.2) is 0 Å². The highest BCUT2D eigenvalue weighted by atomic mass is 16.5. The number of hydrogen-bond donors (Lipinski definition) is 1. The minimum absolute atomic E-state index is 0.0835. The second-order valence-electron chi connectivity index (χ2n) is 4.94. The number of rotatable bonds is 10. The molecule has 0 fully saturated rings. The van der Waals surface area contributed by atoms with Gasteiger partial charge in [0.05, 0.1) is 19.6 Å². The average Bonchev–Trinajstić information content (AvgIpc) is 2.51. The van der Waals surface area contributed by atoms with Gasteiger partial charge >= 0.3 is 0 Å². The van der Waals surface area contributed by atoms with E-state index in [-0.39, 0.29) is 5.91 Å². The van der Waals surface area contributed by atoms with E-state index in [1.165, 1.54) is 5.56 Å². The number of nitrogens with two attached hydrogens (primary N) is 1. The first-order valence-corrected chi connectivity index (χ1v) is 7.32. The normalized spacial score (nSPS) is 10.4. The Labute approximate surface area is 127 Å². The van der Waals surface area contributed by atoms with Gasteiger partial charge in [-0.15, -0.1) is 0 Å². The van der Waals surface area contributed by atoms with Crippen LogP contribution in [0, 0.1) is 0 Å². The molecule has 5 nitrogen and oxygen atoms in total. The van der Waals surface area contributed by atoms with Gasteiger partial charge in [0, 0.05) is 20.7 Å². The molecule has 2 N–H and O–H groups in total. The van der Waals surface area contributed by atoms with Gasteiger partial charge in [-0.3, -0.25) is 4.79 Å². The number of amides is 1. The third-order valence-electron chi connectivity index (χ3n) is 3.23. The van der Waals surface area contributed by atoms with Crippen molar-refractivity contribution in [1.82, 2.24) is 4.90 Å². The number of benzene rings is 1. The molecule has 5 heteroatoms. The maximum absolute atomic E-state index is 11.8. The maximum atomic E-state index is 11.8. The predicted octanol–water partition coefficient (Wildman–Crippen LogP) is 1.45. The maximum Gasteiger partial charge on any atom is 0.225 e. The summed E-state index contributed by atoms with van der Waals surface area (Å²) in [5.41, 5.74) is 6.64. The zero-order valence-electron chi connectivity index (χ0n) is 13.0. The molecule has 0 atom stereocenters. The average molecular weight is 294 g/mol. The van der Waals surface area contributed by atoms with Crippen molar-refractivity contribution in [2.45, 2.75) is 19.3 Å². The van der Waals surface area contributed by atoms with E-state index in [4.69, 9.17) is 15.2 Å². The first kappa shape index (κ1) is 17.5. The Morgan fingerprint density at radius 1 is 1.24 bits per heavy atom. The molecule has 0 bridgehead atoms. The molecule has 0 spiro atoms. The lowest BCUT2D eigenvalue weighted by atomic mass is 10.1. The second-order valence-corrected chi connectivity index (χ2v) is 4.94. The number of nitrogens with zero attached hydrogens (tertiary/aromatic N) is 1. The summed E-state index contributed by atoms with van der Waals surface area (Å²) >= 11 is 0. The van der Waals surface area contributed by atoms with Crippen molar-refractivity contribution in [3.8, 4) is 5.75 Å². The molecule has 0 aliphatic rings. The third-order valence-corrected chi connectivity index (χ3v) is 3.23. The smallest absolute Gasteiger partial charge is 0.225 e. The molecule has 0 aliphatic carbocycles. The highest BCUT2D eigenvalue weighted by molar-refractivity contribution is 5.75. The molecule has 1 amide bonds. The Bertz CT molecular complexity index is 406. The Balaban J connectivity index is 2.27. The van der Waals surface area contributed by atoms with Crippen LogP contribution < -0.4 is 10.5 Å². The van der Waals surface area contributed by atoms with Gasteiger partial charge in [-0.1, -0.05) is 12.1 Å². The standard InChI is InChI=1S/C16H26N2O3/c1-18(11-3-10-17)16(19)9-13-21-15-6-4-14(5-7-15)8-12-20-2/h4-7H,3,8-13,17H2,1-2H3. The van der Waals surface area contributed by atoms with E-state index < -0.39 is 0 Å². The fraction of sp³-hybridized carbons (Fsp3) is 0.562. The summed E-state index contributed by atoms with van der Waals surface area (Å²) in [5, 5.41) is 0. The minimum atomic E-state index is 0.0835. The SMILES string of the molecule is COCCc1ccc(OCCC(=O)N(C)CCCN)cc1. The van der Waals surface area contributed by atoms with E-state index >= 15 is 0 Å². The Kier molecular flexibility index (Phi) is 8.47. The van der Waals surface area contributed by atoms with Gasteiger partial charge in [-0.05, 0) is 37.1 Å². The summed E-state index contributed by atoms with van der Waals surface area (Å²) in [5.74, 6) is 0.869. The molecule has 0 aromatic heterocycles. The third kappa shape index (κ3) is 7.11. The molecule has 1 rings (SSSR count). The van der Waals surface area contributed by atoms with Crippen molar-refractivity contribution in [2.75, 3.05) is 40.5 Å². The summed E-state index contributed by atoms with van der Waals surface area (Å²) in [6.45, 7) is 2.40. The van der Waals surface area contributed by atoms with Crippen molar-refractivity contribution in [3.63, 3.8) is 0 Å². The highest BCUT2D eigenvalue weighted by Crippen LogP contribution is 2.13. The number of carbonyl (C=O) groups excluding carboxylic acids is 1. The molecule has 0 saturated heterocycles. The quantitative estimate of drug-likeness (QED) is 0.709. The van der Waals surface area contributed by atoms with E-state index in [1.54, 1.807) is 19.1 Å². The van der Waals surface area contributed by atoms with E-state index in [0.717, 1.165) is 18.6 Å². The van der Waals surface area contributed by atoms with Crippen LogP contribution in [0.4, 0.5) is 0 Å². The minimum Gasteiger partial charge on any atom is -0.493 e. The first-order valence-electron chi connectivity index (χ1n) is 7.32. The number of hydrogen-bond acceptors (Lipinski definition) is 4. The predicted molar refractivity (Wildman–Crippen MR) is 83.4 cm³/mol. The number of carbonyl (C=O) groups is 1. The molecule has 0 radical (unpaired) electrons. The summed E-state index contributed by atoms with van der Waals surface area (Å²) < 4.78 is 10.6. The number of ether oxygens (including phenoxy) is 2. The van der Waals surface area contributed by atoms with Crippen molar-refractivity contribution in [3.05, 3.63) is 29.8 Å². The molecule has 0 saturated carbocycles. The second kappa shape index (κ2) is 10.2. The molecular weight excluding hydrogens is 268 g/mol. The fourth-order valence-electron chi connectivity index (χ4n) is 1.87. The largest absolute Gasteiger partial charge is 0.493 e. The van der Waals surface area contributed by atoms with Crippen LogP contribution in [0.25, 0.3) is 0 Å². The Hall–Kier alpha value is -1.59. The molecule has 1 aromatic rings. The lowest BCUT2D eigenvalue weighted by molar-refractivity contribution is -0.130. The molecule has 118 valence electrons. The van der Waals surface area contributed by atoms with E-state index in [9.17, 15) is 4.79 Å². The van der Waals surface area contributed by atoms with E-state index in [0.29, 0.717) is 32.7 Å². The molecule has 0 unspecified atom stereocenters. The van der Waals surface area contributed by atoms with Crippen LogP contribution in [0.2, 0.25) is 0 Å². The van der Waals surface area contributed by atoms with E-state index in [2.05, 4.69) is 0 Å². The summed E-state index contributed by atoms with van der Waals surface area (Å²) in [7, 11) is 3.49. The van der Waals surface area contributed by atoms with Gasteiger partial charge in [0.15, 0.2) is 0 Å². The molecule has 0 aliphatic heterocycles. The molecule has 1 aromatic carbocycles. The van der Waals surface area contributed by atoms with Crippen molar-refractivity contribution >= 4 is 5.91 Å². The fourth-order valence-corrected chi connectivity index (χ4v) is 1.87. The van der Waals surface area contributed by atoms with Gasteiger partial charge in [0.2, 0.25) is 5.91 Å².